The van der Waals surface area contributed by atoms with Gasteiger partial charge in [0.05, 0.1) is 102 Å². The van der Waals surface area contributed by atoms with E-state index in [0.717, 1.165) is 28.5 Å². The van der Waals surface area contributed by atoms with Crippen LogP contribution in [0.1, 0.15) is 105 Å². The highest BCUT2D eigenvalue weighted by Gasteiger charge is 2.25. The predicted molar refractivity (Wildman–Crippen MR) is 346 cm³/mol. The van der Waals surface area contributed by atoms with Crippen LogP contribution in [0, 0.1) is 64.2 Å². The van der Waals surface area contributed by atoms with Crippen LogP contribution in [-0.2, 0) is 0 Å². The van der Waals surface area contributed by atoms with Crippen LogP contribution in [0.5, 0.6) is 0 Å². The molecule has 3 atom stereocenters. The van der Waals surface area contributed by atoms with Crippen LogP contribution < -0.4 is 16.0 Å². The maximum atomic E-state index is 14.2. The molecule has 0 unspecified atom stereocenters. The molecule has 0 saturated heterocycles. The number of hydrogen-bond acceptors (Lipinski definition) is 11. The van der Waals surface area contributed by atoms with Crippen LogP contribution in [0.15, 0.2) is 207 Å². The number of hydrogen-bond donors (Lipinski definition) is 3. The number of nitriles is 3. The number of carbonyl (C=O) groups is 3. The summed E-state index contributed by atoms with van der Waals surface area (Å²) in [5, 5.41) is 38.3. The van der Waals surface area contributed by atoms with Crippen molar-refractivity contribution in [3.63, 3.8) is 0 Å². The molecule has 3 heterocycles. The molecule has 12 rings (SSSR count). The Hall–Kier alpha value is -11.2. The second-order valence-corrected chi connectivity index (χ2v) is 22.2. The zero-order valence-electron chi connectivity index (χ0n) is 48.2. The summed E-state index contributed by atoms with van der Waals surface area (Å²) in [6.45, 7) is 1.76. The lowest BCUT2D eigenvalue weighted by Gasteiger charge is -2.20. The summed E-state index contributed by atoms with van der Waals surface area (Å²) < 4.78 is 56.3. The third-order valence-electron chi connectivity index (χ3n) is 14.4. The molecule has 0 aliphatic heterocycles. The second kappa shape index (κ2) is 29.2. The third kappa shape index (κ3) is 15.5. The van der Waals surface area contributed by atoms with Crippen LogP contribution >= 0.6 is 46.4 Å². The molecular formula is C71H43Cl4F4N11O3. The Kier molecular flexibility index (Phi) is 20.3. The number of nitrogens with one attached hydrogen (secondary N) is 3. The highest BCUT2D eigenvalue weighted by atomic mass is 35.5. The van der Waals surface area contributed by atoms with E-state index in [4.69, 9.17) is 62.2 Å². The van der Waals surface area contributed by atoms with Gasteiger partial charge in [0.2, 0.25) is 0 Å². The van der Waals surface area contributed by atoms with Crippen LogP contribution in [0.25, 0.3) is 32.8 Å². The molecule has 3 N–H and O–H groups in total. The van der Waals surface area contributed by atoms with Crippen molar-refractivity contribution in [1.82, 2.24) is 40.9 Å². The molecule has 14 nitrogen and oxygen atoms in total. The predicted octanol–water partition coefficient (Wildman–Crippen LogP) is 16.1. The van der Waals surface area contributed by atoms with E-state index in [1.807, 2.05) is 48.5 Å². The highest BCUT2D eigenvalue weighted by molar-refractivity contribution is 6.32. The Morgan fingerprint density at radius 3 is 1.26 bits per heavy atom. The van der Waals surface area contributed by atoms with Crippen molar-refractivity contribution < 1.29 is 31.9 Å². The molecule has 0 aliphatic rings. The number of amides is 3. The Balaban J connectivity index is 0.000000153. The minimum Gasteiger partial charge on any atom is -0.340 e. The van der Waals surface area contributed by atoms with Crippen molar-refractivity contribution in [2.24, 2.45) is 0 Å². The Bertz CT molecular complexity index is 4820. The second-order valence-electron chi connectivity index (χ2n) is 20.5. The minimum absolute atomic E-state index is 0.00434. The monoisotopic (exact) mass is 1310 g/mol. The molecule has 12 aromatic rings. The highest BCUT2D eigenvalue weighted by Crippen LogP contribution is 2.31. The Morgan fingerprint density at radius 2 is 0.817 bits per heavy atom. The number of halogens is 8. The first kappa shape index (κ1) is 64.8. The fourth-order valence-corrected chi connectivity index (χ4v) is 10.1. The van der Waals surface area contributed by atoms with E-state index < -0.39 is 53.2 Å². The van der Waals surface area contributed by atoms with Gasteiger partial charge in [0, 0.05) is 38.3 Å². The normalized spacial score (nSPS) is 11.7. The van der Waals surface area contributed by atoms with Gasteiger partial charge in [0.25, 0.3) is 17.7 Å². The quantitative estimate of drug-likeness (QED) is 0.0976. The van der Waals surface area contributed by atoms with Crippen molar-refractivity contribution in [3.05, 3.63) is 323 Å². The van der Waals surface area contributed by atoms with E-state index in [1.165, 1.54) is 54.7 Å². The number of rotatable bonds is 12. The first-order chi connectivity index (χ1) is 44.9. The van der Waals surface area contributed by atoms with Gasteiger partial charge in [-0.05, 0) is 168 Å². The summed E-state index contributed by atoms with van der Waals surface area (Å²) in [7, 11) is 0. The Labute approximate surface area is 548 Å². The van der Waals surface area contributed by atoms with Crippen LogP contribution in [0.4, 0.5) is 17.6 Å². The molecule has 9 aromatic carbocycles. The van der Waals surface area contributed by atoms with E-state index >= 15 is 0 Å². The summed E-state index contributed by atoms with van der Waals surface area (Å²) in [4.78, 5) is 61.2. The van der Waals surface area contributed by atoms with Crippen molar-refractivity contribution >= 4 is 97.0 Å². The number of benzene rings is 9. The number of carbonyl (C=O) groups excluding carboxylic acids is 3. The molecular weight excluding hydrogens is 1270 g/mol. The molecule has 0 spiro atoms. The van der Waals surface area contributed by atoms with E-state index in [1.54, 1.807) is 110 Å². The number of pyridine rings is 1. The Morgan fingerprint density at radius 1 is 0.398 bits per heavy atom. The van der Waals surface area contributed by atoms with Gasteiger partial charge < -0.3 is 16.0 Å². The number of fused-ring (bicyclic) bond motifs is 3. The van der Waals surface area contributed by atoms with E-state index in [-0.39, 0.29) is 38.2 Å². The molecule has 0 fully saturated rings. The summed E-state index contributed by atoms with van der Waals surface area (Å²) in [5.74, 6) is -4.33. The van der Waals surface area contributed by atoms with Crippen LogP contribution in [0.3, 0.4) is 0 Å². The minimum atomic E-state index is -0.880. The zero-order valence-corrected chi connectivity index (χ0v) is 51.2. The van der Waals surface area contributed by atoms with Crippen LogP contribution in [-0.4, -0.2) is 42.6 Å². The average molecular weight is 1320 g/mol. The van der Waals surface area contributed by atoms with Crippen molar-refractivity contribution in [3.8, 4) is 18.2 Å². The zero-order chi connectivity index (χ0) is 65.9. The van der Waals surface area contributed by atoms with Crippen LogP contribution in [0.2, 0.25) is 20.1 Å². The van der Waals surface area contributed by atoms with E-state index in [2.05, 4.69) is 46.9 Å². The number of nitrogens with zero attached hydrogens (tertiary/aromatic N) is 8. The lowest BCUT2D eigenvalue weighted by atomic mass is 10.0. The number of aromatic nitrogens is 5. The third-order valence-corrected chi connectivity index (χ3v) is 15.5. The van der Waals surface area contributed by atoms with Crippen molar-refractivity contribution in [1.29, 1.82) is 15.8 Å². The maximum Gasteiger partial charge on any atom is 0.252 e. The molecule has 456 valence electrons. The summed E-state index contributed by atoms with van der Waals surface area (Å²) in [6.07, 6.45) is 4.75. The smallest absolute Gasteiger partial charge is 0.252 e. The fourth-order valence-electron chi connectivity index (χ4n) is 9.60. The lowest BCUT2D eigenvalue weighted by molar-refractivity contribution is 0.0933. The SMILES string of the molecule is Cc1cc(C(=O)N[C@@H](c2ccc(Cl)c(F)c2)c2cnc3ccccc3n2)ccc1C#N.N#Cc1ccc(C(=O)N[C@@H](c2ccc(Cl)c(F)c2)c2cnc3ccccc3n2)cc1F.N#Cc1ccc(C(=O)N[C@@H](c2ccc(Cl)cc2)c2cc3cc(Cl)ccc3cn2)cc1F. The van der Waals surface area contributed by atoms with Gasteiger partial charge in [-0.2, -0.15) is 15.8 Å². The molecule has 0 aliphatic carbocycles. The van der Waals surface area contributed by atoms with Gasteiger partial charge in [-0.25, -0.2) is 27.5 Å². The molecule has 3 amide bonds. The van der Waals surface area contributed by atoms with Gasteiger partial charge in [-0.1, -0.05) is 101 Å². The lowest BCUT2D eigenvalue weighted by Crippen LogP contribution is -2.30. The maximum absolute atomic E-state index is 14.2. The van der Waals surface area contributed by atoms with Crippen molar-refractivity contribution in [2.45, 2.75) is 25.0 Å². The van der Waals surface area contributed by atoms with Crippen molar-refractivity contribution in [2.75, 3.05) is 0 Å². The van der Waals surface area contributed by atoms with Gasteiger partial charge in [0.15, 0.2) is 0 Å². The van der Waals surface area contributed by atoms with Gasteiger partial charge >= 0.3 is 0 Å². The first-order valence-corrected chi connectivity index (χ1v) is 29.3. The average Bonchev–Trinajstić information content (AvgIpc) is 0.959. The largest absolute Gasteiger partial charge is 0.340 e. The van der Waals surface area contributed by atoms with Gasteiger partial charge in [0.1, 0.15) is 35.4 Å². The van der Waals surface area contributed by atoms with Gasteiger partial charge in [-0.15, -0.1) is 0 Å². The molecule has 93 heavy (non-hydrogen) atoms. The van der Waals surface area contributed by atoms with E-state index in [0.29, 0.717) is 77.0 Å². The molecule has 3 aromatic heterocycles. The van der Waals surface area contributed by atoms with E-state index in [9.17, 15) is 31.9 Å². The topological polar surface area (TPSA) is 223 Å². The number of aryl methyl sites for hydroxylation is 1. The molecule has 0 radical (unpaired) electrons. The van der Waals surface area contributed by atoms with Gasteiger partial charge in [-0.3, -0.25) is 29.3 Å². The molecule has 22 heteroatoms. The summed E-state index contributed by atoms with van der Waals surface area (Å²) in [5.41, 5.74) is 7.00. The first-order valence-electron chi connectivity index (χ1n) is 27.8. The summed E-state index contributed by atoms with van der Waals surface area (Å²) >= 11 is 23.8. The number of para-hydroxylation sites is 4. The molecule has 0 saturated carbocycles. The standard InChI is InChI=1S/C24H14Cl2FN3O.C24H16ClFN4O.C23H13ClF2N4O/c25-19-6-3-14(4-7-19)23(22-11-18-9-20(26)8-5-17(18)13-29-22)30-24(31)15-1-2-16(12-28)21(27)10-15;1-14-10-16(6-7-17(14)12-27)24(31)30-23(15-8-9-18(25)19(26)11-15)22-13-28-20-4-2-3-5-21(20)29-22;24-16-8-7-13(9-18(16)26)22(21-12-28-19-3-1-2-4-20(19)29-21)30-23(31)14-5-6-15(11-27)17(25)10-14/h1-11,13,23H,(H,30,31);2-11,13,23H,1H3,(H,30,31);1-10,12,22H,(H,30,31)/t2*23-;22-/m000/s1. The molecule has 0 bridgehead atoms. The summed E-state index contributed by atoms with van der Waals surface area (Å²) in [6, 6.07) is 52.7. The fraction of sp³-hybridized carbons (Fsp3) is 0.0563.